The van der Waals surface area contributed by atoms with Gasteiger partial charge in [-0.2, -0.15) is 5.10 Å². The summed E-state index contributed by atoms with van der Waals surface area (Å²) in [5, 5.41) is 4.25. The molecule has 128 valence electrons. The summed E-state index contributed by atoms with van der Waals surface area (Å²) in [6, 6.07) is 4.17. The number of likely N-dealkylation sites (tertiary alicyclic amines) is 1. The Morgan fingerprint density at radius 2 is 1.96 bits per heavy atom. The first-order chi connectivity index (χ1) is 11.4. The third-order valence-corrected chi connectivity index (χ3v) is 5.63. The van der Waals surface area contributed by atoms with Gasteiger partial charge in [-0.05, 0) is 39.8 Å². The molecule has 1 saturated heterocycles. The van der Waals surface area contributed by atoms with Crippen LogP contribution in [0, 0.1) is 0 Å². The first kappa shape index (κ1) is 15.7. The molecule has 2 aliphatic heterocycles. The van der Waals surface area contributed by atoms with E-state index in [1.54, 1.807) is 6.33 Å². The first-order valence-electron chi connectivity index (χ1n) is 8.60. The zero-order chi connectivity index (χ0) is 16.9. The van der Waals surface area contributed by atoms with Crippen molar-refractivity contribution in [3.05, 3.63) is 41.7 Å². The van der Waals surface area contributed by atoms with Gasteiger partial charge in [0.2, 0.25) is 0 Å². The van der Waals surface area contributed by atoms with E-state index in [0.29, 0.717) is 0 Å². The summed E-state index contributed by atoms with van der Waals surface area (Å²) >= 11 is 0. The minimum Gasteiger partial charge on any atom is -0.360 e. The van der Waals surface area contributed by atoms with Gasteiger partial charge >= 0.3 is 0 Å². The maximum Gasteiger partial charge on any atom is 0.138 e. The summed E-state index contributed by atoms with van der Waals surface area (Å²) in [4.78, 5) is 11.6. The van der Waals surface area contributed by atoms with E-state index in [-0.39, 0.29) is 17.1 Å². The average molecular weight is 327 g/mol. The largest absolute Gasteiger partial charge is 0.360 e. The van der Waals surface area contributed by atoms with Crippen molar-refractivity contribution >= 4 is 0 Å². The molecule has 0 aromatic carbocycles. The van der Waals surface area contributed by atoms with E-state index < -0.39 is 0 Å². The summed E-state index contributed by atoms with van der Waals surface area (Å²) in [5.74, 6) is 0.937. The van der Waals surface area contributed by atoms with E-state index in [1.807, 2.05) is 24.0 Å². The van der Waals surface area contributed by atoms with Crippen molar-refractivity contribution in [3.63, 3.8) is 0 Å². The van der Waals surface area contributed by atoms with E-state index in [2.05, 4.69) is 41.9 Å². The van der Waals surface area contributed by atoms with E-state index in [1.165, 1.54) is 5.56 Å². The van der Waals surface area contributed by atoms with Gasteiger partial charge in [0, 0.05) is 31.9 Å². The summed E-state index contributed by atoms with van der Waals surface area (Å²) in [6.45, 7) is 6.44. The molecule has 0 amide bonds. The van der Waals surface area contributed by atoms with Crippen LogP contribution in [-0.2, 0) is 22.8 Å². The normalized spacial score (nSPS) is 23.6. The number of rotatable bonds is 2. The van der Waals surface area contributed by atoms with Crippen molar-refractivity contribution in [3.8, 4) is 0 Å². The lowest BCUT2D eigenvalue weighted by Crippen LogP contribution is -2.42. The van der Waals surface area contributed by atoms with Gasteiger partial charge in [-0.3, -0.25) is 9.67 Å². The minimum atomic E-state index is -0.282. The minimum absolute atomic E-state index is 0.0625. The second-order valence-electron chi connectivity index (χ2n) is 7.67. The molecular formula is C18H25N5O. The van der Waals surface area contributed by atoms with Crippen LogP contribution in [0.1, 0.15) is 49.9 Å². The Labute approximate surface area is 142 Å². The van der Waals surface area contributed by atoms with Gasteiger partial charge in [0.05, 0.1) is 17.2 Å². The lowest BCUT2D eigenvalue weighted by molar-refractivity contribution is -0.130. The van der Waals surface area contributed by atoms with Crippen molar-refractivity contribution < 1.29 is 4.74 Å². The number of hydrogen-bond acceptors (Lipinski definition) is 5. The molecule has 2 aromatic heterocycles. The molecule has 4 heterocycles. The fourth-order valence-corrected chi connectivity index (χ4v) is 4.22. The van der Waals surface area contributed by atoms with Crippen LogP contribution >= 0.6 is 0 Å². The van der Waals surface area contributed by atoms with Crippen molar-refractivity contribution in [1.29, 1.82) is 0 Å². The lowest BCUT2D eigenvalue weighted by Gasteiger charge is -2.39. The molecule has 1 atom stereocenters. The number of aryl methyl sites for hydroxylation is 1. The first-order valence-corrected chi connectivity index (χ1v) is 8.60. The second kappa shape index (κ2) is 5.36. The third-order valence-electron chi connectivity index (χ3n) is 5.63. The number of hydrogen-bond donors (Lipinski definition) is 0. The molecule has 4 rings (SSSR count). The Kier molecular flexibility index (Phi) is 3.51. The number of fused-ring (bicyclic) bond motifs is 2. The monoisotopic (exact) mass is 327 g/mol. The third kappa shape index (κ3) is 2.20. The molecule has 0 aliphatic carbocycles. The van der Waals surface area contributed by atoms with E-state index in [9.17, 15) is 0 Å². The quantitative estimate of drug-likeness (QED) is 0.846. The highest BCUT2D eigenvalue weighted by atomic mass is 16.5. The molecule has 2 aromatic rings. The summed E-state index contributed by atoms with van der Waals surface area (Å²) in [6.07, 6.45) is 5.41. The highest BCUT2D eigenvalue weighted by Crippen LogP contribution is 2.54. The van der Waals surface area contributed by atoms with Crippen LogP contribution in [0.25, 0.3) is 0 Å². The van der Waals surface area contributed by atoms with Gasteiger partial charge in [0.1, 0.15) is 17.8 Å². The summed E-state index contributed by atoms with van der Waals surface area (Å²) in [5.41, 5.74) is 1.79. The van der Waals surface area contributed by atoms with Crippen LogP contribution in [0.3, 0.4) is 0 Å². The van der Waals surface area contributed by atoms with E-state index >= 15 is 0 Å². The maximum absolute atomic E-state index is 6.78. The van der Waals surface area contributed by atoms with Crippen molar-refractivity contribution in [2.45, 2.75) is 43.8 Å². The van der Waals surface area contributed by atoms with Crippen LogP contribution in [0.4, 0.5) is 0 Å². The lowest BCUT2D eigenvalue weighted by atomic mass is 9.81. The zero-order valence-electron chi connectivity index (χ0n) is 14.9. The number of nitrogens with zero attached hydrogens (tertiary/aromatic N) is 5. The molecule has 1 fully saturated rings. The molecular weight excluding hydrogens is 302 g/mol. The maximum atomic E-state index is 6.78. The molecule has 24 heavy (non-hydrogen) atoms. The predicted octanol–water partition coefficient (Wildman–Crippen LogP) is 2.18. The van der Waals surface area contributed by atoms with E-state index in [4.69, 9.17) is 9.72 Å². The van der Waals surface area contributed by atoms with Crippen LogP contribution < -0.4 is 0 Å². The van der Waals surface area contributed by atoms with Crippen molar-refractivity contribution in [1.82, 2.24) is 24.6 Å². The van der Waals surface area contributed by atoms with Crippen molar-refractivity contribution in [2.75, 3.05) is 20.1 Å². The molecule has 2 aliphatic rings. The van der Waals surface area contributed by atoms with Gasteiger partial charge in [-0.15, -0.1) is 0 Å². The Bertz CT molecular complexity index is 745. The molecule has 1 unspecified atom stereocenters. The van der Waals surface area contributed by atoms with Gasteiger partial charge in [-0.1, -0.05) is 6.07 Å². The Balaban J connectivity index is 1.78. The number of piperidine rings is 1. The van der Waals surface area contributed by atoms with Gasteiger partial charge in [-0.25, -0.2) is 4.98 Å². The van der Waals surface area contributed by atoms with Gasteiger partial charge < -0.3 is 9.64 Å². The highest BCUT2D eigenvalue weighted by molar-refractivity contribution is 5.36. The predicted molar refractivity (Wildman–Crippen MR) is 90.5 cm³/mol. The summed E-state index contributed by atoms with van der Waals surface area (Å²) < 4.78 is 8.63. The number of pyridine rings is 1. The molecule has 0 N–H and O–H groups in total. The van der Waals surface area contributed by atoms with E-state index in [0.717, 1.165) is 37.4 Å². The molecule has 0 bridgehead atoms. The molecule has 0 saturated carbocycles. The SMILES string of the molecule is CN1CCC2(CC1)OC(C(C)(C)c1ncnn1C)c1cccnc12. The molecule has 1 spiro atoms. The molecule has 0 radical (unpaired) electrons. The fourth-order valence-electron chi connectivity index (χ4n) is 4.22. The number of aromatic nitrogens is 4. The van der Waals surface area contributed by atoms with Crippen LogP contribution in [-0.4, -0.2) is 44.8 Å². The smallest absolute Gasteiger partial charge is 0.138 e. The van der Waals surface area contributed by atoms with Crippen molar-refractivity contribution in [2.24, 2.45) is 7.05 Å². The number of ether oxygens (including phenoxy) is 1. The average Bonchev–Trinajstić information content (AvgIpc) is 3.14. The Hall–Kier alpha value is -1.79. The van der Waals surface area contributed by atoms with Crippen LogP contribution in [0.2, 0.25) is 0 Å². The highest BCUT2D eigenvalue weighted by Gasteiger charge is 2.53. The Morgan fingerprint density at radius 3 is 2.62 bits per heavy atom. The summed E-state index contributed by atoms with van der Waals surface area (Å²) in [7, 11) is 4.11. The standard InChI is InChI=1S/C18H25N5O/c1-17(2,16-20-12-21-23(16)4)15-13-6-5-9-19-14(13)18(24-15)7-10-22(3)11-8-18/h5-6,9,12,15H,7-8,10-11H2,1-4H3. The second-order valence-corrected chi connectivity index (χ2v) is 7.67. The van der Waals surface area contributed by atoms with Crippen LogP contribution in [0.15, 0.2) is 24.7 Å². The Morgan fingerprint density at radius 1 is 1.21 bits per heavy atom. The fraction of sp³-hybridized carbons (Fsp3) is 0.611. The zero-order valence-corrected chi connectivity index (χ0v) is 14.9. The van der Waals surface area contributed by atoms with Gasteiger partial charge in [0.25, 0.3) is 0 Å². The topological polar surface area (TPSA) is 56.1 Å². The molecule has 6 nitrogen and oxygen atoms in total. The van der Waals surface area contributed by atoms with Crippen LogP contribution in [0.5, 0.6) is 0 Å². The van der Waals surface area contributed by atoms with Gasteiger partial charge in [0.15, 0.2) is 0 Å². The molecule has 6 heteroatoms.